The molecular formula is C20H31Cl2NOS. The van der Waals surface area contributed by atoms with Gasteiger partial charge < -0.3 is 4.90 Å². The van der Waals surface area contributed by atoms with Crippen molar-refractivity contribution < 1.29 is 4.79 Å². The molecule has 0 aliphatic carbocycles. The number of carbonyl (C=O) groups is 1. The zero-order valence-electron chi connectivity index (χ0n) is 15.9. The third-order valence-electron chi connectivity index (χ3n) is 4.27. The molecule has 2 nitrogen and oxygen atoms in total. The SMILES string of the molecule is CCCCC[C@@H](CN(C)C)C(=O)C[C@H](SCC)c1ccc(Cl)c(Cl)c1. The Labute approximate surface area is 167 Å². The third kappa shape index (κ3) is 8.34. The van der Waals surface area contributed by atoms with Crippen molar-refractivity contribution in [2.75, 3.05) is 26.4 Å². The Morgan fingerprint density at radius 1 is 1.16 bits per heavy atom. The third-order valence-corrected chi connectivity index (χ3v) is 6.18. The maximum Gasteiger partial charge on any atom is 0.138 e. The Balaban J connectivity index is 2.84. The van der Waals surface area contributed by atoms with Crippen molar-refractivity contribution in [3.8, 4) is 0 Å². The van der Waals surface area contributed by atoms with E-state index in [9.17, 15) is 4.79 Å². The van der Waals surface area contributed by atoms with Crippen LogP contribution in [0.4, 0.5) is 0 Å². The van der Waals surface area contributed by atoms with Crippen molar-refractivity contribution >= 4 is 40.7 Å². The zero-order valence-corrected chi connectivity index (χ0v) is 18.2. The summed E-state index contributed by atoms with van der Waals surface area (Å²) in [4.78, 5) is 15.1. The molecule has 0 unspecified atom stereocenters. The number of hydrogen-bond donors (Lipinski definition) is 0. The van der Waals surface area contributed by atoms with Crippen LogP contribution in [0.25, 0.3) is 0 Å². The summed E-state index contributed by atoms with van der Waals surface area (Å²) >= 11 is 14.0. The van der Waals surface area contributed by atoms with E-state index in [2.05, 4.69) is 18.7 Å². The molecule has 0 bridgehead atoms. The molecule has 1 rings (SSSR count). The molecule has 0 radical (unpaired) electrons. The van der Waals surface area contributed by atoms with Crippen molar-refractivity contribution in [3.05, 3.63) is 33.8 Å². The summed E-state index contributed by atoms with van der Waals surface area (Å²) in [7, 11) is 4.08. The van der Waals surface area contributed by atoms with Crippen LogP contribution in [0, 0.1) is 5.92 Å². The van der Waals surface area contributed by atoms with E-state index < -0.39 is 0 Å². The van der Waals surface area contributed by atoms with Crippen LogP contribution in [-0.2, 0) is 4.79 Å². The highest BCUT2D eigenvalue weighted by atomic mass is 35.5. The van der Waals surface area contributed by atoms with Crippen LogP contribution >= 0.6 is 35.0 Å². The first-order valence-electron chi connectivity index (χ1n) is 9.13. The molecule has 0 fully saturated rings. The molecule has 1 aromatic carbocycles. The number of nitrogens with zero attached hydrogens (tertiary/aromatic N) is 1. The Bertz CT molecular complexity index is 536. The molecule has 0 saturated carbocycles. The second-order valence-corrected chi connectivity index (χ2v) is 9.04. The molecule has 0 saturated heterocycles. The van der Waals surface area contributed by atoms with E-state index in [1.54, 1.807) is 11.8 Å². The fourth-order valence-electron chi connectivity index (χ4n) is 2.97. The van der Waals surface area contributed by atoms with Gasteiger partial charge in [0.2, 0.25) is 0 Å². The summed E-state index contributed by atoms with van der Waals surface area (Å²) in [5, 5.41) is 1.26. The van der Waals surface area contributed by atoms with Gasteiger partial charge in [0.1, 0.15) is 5.78 Å². The normalized spacial score (nSPS) is 13.9. The summed E-state index contributed by atoms with van der Waals surface area (Å²) in [5.74, 6) is 1.44. The fraction of sp³-hybridized carbons (Fsp3) is 0.650. The lowest BCUT2D eigenvalue weighted by Gasteiger charge is -2.23. The Morgan fingerprint density at radius 2 is 1.88 bits per heavy atom. The maximum absolute atomic E-state index is 13.0. The van der Waals surface area contributed by atoms with E-state index in [-0.39, 0.29) is 11.2 Å². The van der Waals surface area contributed by atoms with Crippen molar-refractivity contribution in [1.82, 2.24) is 4.90 Å². The van der Waals surface area contributed by atoms with Crippen molar-refractivity contribution in [2.45, 2.75) is 51.2 Å². The van der Waals surface area contributed by atoms with E-state index in [1.165, 1.54) is 12.8 Å². The van der Waals surface area contributed by atoms with Crippen LogP contribution in [0.5, 0.6) is 0 Å². The van der Waals surface area contributed by atoms with Crippen LogP contribution < -0.4 is 0 Å². The smallest absolute Gasteiger partial charge is 0.138 e. The van der Waals surface area contributed by atoms with E-state index in [0.717, 1.165) is 30.7 Å². The number of halogens is 2. The Hall–Kier alpha value is -0.220. The number of thioether (sulfide) groups is 1. The molecule has 1 aromatic rings. The molecule has 0 aliphatic rings. The maximum atomic E-state index is 13.0. The van der Waals surface area contributed by atoms with Crippen molar-refractivity contribution in [2.24, 2.45) is 5.92 Å². The second-order valence-electron chi connectivity index (χ2n) is 6.74. The predicted octanol–water partition coefficient (Wildman–Crippen LogP) is 6.50. The molecule has 0 spiro atoms. The van der Waals surface area contributed by atoms with Gasteiger partial charge in [0.15, 0.2) is 0 Å². The molecular weight excluding hydrogens is 373 g/mol. The molecule has 0 N–H and O–H groups in total. The van der Waals surface area contributed by atoms with E-state index in [0.29, 0.717) is 22.2 Å². The number of carbonyl (C=O) groups excluding carboxylic acids is 1. The Morgan fingerprint density at radius 3 is 2.44 bits per heavy atom. The highest BCUT2D eigenvalue weighted by Gasteiger charge is 2.24. The topological polar surface area (TPSA) is 20.3 Å². The molecule has 0 aromatic heterocycles. The van der Waals surface area contributed by atoms with Crippen LogP contribution in [0.3, 0.4) is 0 Å². The molecule has 25 heavy (non-hydrogen) atoms. The summed E-state index contributed by atoms with van der Waals surface area (Å²) in [5.41, 5.74) is 1.09. The van der Waals surface area contributed by atoms with Gasteiger partial charge in [-0.1, -0.05) is 62.4 Å². The van der Waals surface area contributed by atoms with Gasteiger partial charge in [-0.15, -0.1) is 0 Å². The van der Waals surface area contributed by atoms with Gasteiger partial charge in [0, 0.05) is 24.1 Å². The zero-order chi connectivity index (χ0) is 18.8. The molecule has 5 heteroatoms. The molecule has 0 aliphatic heterocycles. The van der Waals surface area contributed by atoms with Gasteiger partial charge in [-0.3, -0.25) is 4.79 Å². The first kappa shape index (κ1) is 22.8. The highest BCUT2D eigenvalue weighted by molar-refractivity contribution is 7.99. The summed E-state index contributed by atoms with van der Waals surface area (Å²) < 4.78 is 0. The van der Waals surface area contributed by atoms with Crippen LogP contribution in [0.1, 0.15) is 56.8 Å². The second kappa shape index (κ2) is 12.2. The summed E-state index contributed by atoms with van der Waals surface area (Å²) in [6.07, 6.45) is 5.04. The van der Waals surface area contributed by atoms with Crippen LogP contribution in [-0.4, -0.2) is 37.1 Å². The van der Waals surface area contributed by atoms with Crippen molar-refractivity contribution in [1.29, 1.82) is 0 Å². The quantitative estimate of drug-likeness (QED) is 0.371. The van der Waals surface area contributed by atoms with Crippen LogP contribution in [0.2, 0.25) is 10.0 Å². The number of Topliss-reactive ketones (excluding diaryl/α,β-unsaturated/α-hetero) is 1. The first-order chi connectivity index (χ1) is 11.9. The largest absolute Gasteiger partial charge is 0.309 e. The number of hydrogen-bond acceptors (Lipinski definition) is 3. The molecule has 0 amide bonds. The number of benzene rings is 1. The first-order valence-corrected chi connectivity index (χ1v) is 10.9. The fourth-order valence-corrected chi connectivity index (χ4v) is 4.30. The van der Waals surface area contributed by atoms with Gasteiger partial charge in [0.05, 0.1) is 10.0 Å². The number of ketones is 1. The molecule has 2 atom stereocenters. The van der Waals surface area contributed by atoms with Gasteiger partial charge in [-0.05, 0) is 44.0 Å². The number of rotatable bonds is 12. The van der Waals surface area contributed by atoms with E-state index >= 15 is 0 Å². The molecule has 142 valence electrons. The number of unbranched alkanes of at least 4 members (excludes halogenated alkanes) is 2. The van der Waals surface area contributed by atoms with Gasteiger partial charge in [-0.2, -0.15) is 11.8 Å². The van der Waals surface area contributed by atoms with E-state index in [4.69, 9.17) is 23.2 Å². The Kier molecular flexibility index (Phi) is 11.2. The highest BCUT2D eigenvalue weighted by Crippen LogP contribution is 2.36. The average Bonchev–Trinajstić information content (AvgIpc) is 2.56. The lowest BCUT2D eigenvalue weighted by molar-refractivity contribution is -0.123. The minimum atomic E-state index is 0.115. The van der Waals surface area contributed by atoms with Gasteiger partial charge in [0.25, 0.3) is 0 Å². The predicted molar refractivity (Wildman–Crippen MR) is 113 cm³/mol. The summed E-state index contributed by atoms with van der Waals surface area (Å²) in [6, 6.07) is 5.72. The lowest BCUT2D eigenvalue weighted by atomic mass is 9.92. The van der Waals surface area contributed by atoms with Crippen LogP contribution in [0.15, 0.2) is 18.2 Å². The van der Waals surface area contributed by atoms with E-state index in [1.807, 2.05) is 32.3 Å². The minimum absolute atomic E-state index is 0.115. The lowest BCUT2D eigenvalue weighted by Crippen LogP contribution is -2.28. The van der Waals surface area contributed by atoms with Gasteiger partial charge in [-0.25, -0.2) is 0 Å². The monoisotopic (exact) mass is 403 g/mol. The summed E-state index contributed by atoms with van der Waals surface area (Å²) in [6.45, 7) is 5.15. The standard InChI is InChI=1S/C20H31Cl2NOS/c1-5-7-8-9-16(14-23(3)4)19(24)13-20(25-6-2)15-10-11-17(21)18(22)12-15/h10-12,16,20H,5-9,13-14H2,1-4H3/t16-,20-/m0/s1. The molecule has 0 heterocycles. The minimum Gasteiger partial charge on any atom is -0.309 e. The van der Waals surface area contributed by atoms with Crippen molar-refractivity contribution in [3.63, 3.8) is 0 Å². The average molecular weight is 404 g/mol. The van der Waals surface area contributed by atoms with Gasteiger partial charge >= 0.3 is 0 Å².